The van der Waals surface area contributed by atoms with Crippen molar-refractivity contribution < 1.29 is 4.79 Å². The smallest absolute Gasteiger partial charge is 0.317 e. The van der Waals surface area contributed by atoms with E-state index in [9.17, 15) is 4.79 Å². The Morgan fingerprint density at radius 1 is 1.40 bits per heavy atom. The summed E-state index contributed by atoms with van der Waals surface area (Å²) in [5, 5.41) is 10.1. The monoisotopic (exact) mass is 340 g/mol. The van der Waals surface area contributed by atoms with Crippen molar-refractivity contribution in [2.24, 2.45) is 7.05 Å². The molecule has 1 aromatic carbocycles. The number of nitrogens with zero attached hydrogens (tertiary/aromatic N) is 4. The average Bonchev–Trinajstić information content (AvgIpc) is 3.11. The molecule has 132 valence electrons. The number of rotatable bonds is 5. The second-order valence-electron chi connectivity index (χ2n) is 6.53. The summed E-state index contributed by atoms with van der Waals surface area (Å²) in [6, 6.07) is 9.83. The van der Waals surface area contributed by atoms with Gasteiger partial charge < -0.3 is 14.8 Å². The second kappa shape index (κ2) is 6.96. The van der Waals surface area contributed by atoms with Crippen LogP contribution in [0.3, 0.4) is 0 Å². The second-order valence-corrected chi connectivity index (χ2v) is 6.53. The van der Waals surface area contributed by atoms with Crippen molar-refractivity contribution in [1.82, 2.24) is 30.0 Å². The van der Waals surface area contributed by atoms with Gasteiger partial charge in [0.15, 0.2) is 0 Å². The molecule has 0 saturated carbocycles. The number of hydrogen-bond donors (Lipinski definition) is 2. The number of hydrogen-bond acceptors (Lipinski definition) is 3. The number of amides is 2. The SMILES string of the molecule is Cc1cc(C[C@H](C)NC(=O)N(C)Cc2nc3ccccc3n2C)n[nH]1. The fourth-order valence-electron chi connectivity index (χ4n) is 2.89. The molecule has 2 N–H and O–H groups in total. The quantitative estimate of drug-likeness (QED) is 0.748. The first-order chi connectivity index (χ1) is 11.9. The number of benzene rings is 1. The Kier molecular flexibility index (Phi) is 4.74. The molecule has 0 fully saturated rings. The lowest BCUT2D eigenvalue weighted by atomic mass is 10.2. The van der Waals surface area contributed by atoms with Gasteiger partial charge in [-0.3, -0.25) is 5.10 Å². The van der Waals surface area contributed by atoms with E-state index in [1.54, 1.807) is 11.9 Å². The maximum absolute atomic E-state index is 12.4. The summed E-state index contributed by atoms with van der Waals surface area (Å²) in [6.07, 6.45) is 0.691. The first kappa shape index (κ1) is 17.0. The van der Waals surface area contributed by atoms with Crippen molar-refractivity contribution >= 4 is 17.1 Å². The number of aromatic nitrogens is 4. The van der Waals surface area contributed by atoms with E-state index in [2.05, 4.69) is 20.5 Å². The molecule has 2 amide bonds. The Balaban J connectivity index is 1.60. The number of urea groups is 1. The van der Waals surface area contributed by atoms with Crippen molar-refractivity contribution in [3.8, 4) is 0 Å². The minimum absolute atomic E-state index is 0.00177. The number of fused-ring (bicyclic) bond motifs is 1. The number of carbonyl (C=O) groups excluding carboxylic acids is 1. The molecule has 7 heteroatoms. The molecule has 0 aliphatic rings. The molecule has 0 bridgehead atoms. The summed E-state index contributed by atoms with van der Waals surface area (Å²) in [7, 11) is 3.75. The van der Waals surface area contributed by atoms with Crippen LogP contribution in [-0.4, -0.2) is 43.8 Å². The van der Waals surface area contributed by atoms with E-state index >= 15 is 0 Å². The Morgan fingerprint density at radius 2 is 2.16 bits per heavy atom. The summed E-state index contributed by atoms with van der Waals surface area (Å²) in [4.78, 5) is 18.7. The van der Waals surface area contributed by atoms with Crippen LogP contribution in [0.25, 0.3) is 11.0 Å². The molecule has 1 atom stereocenters. The van der Waals surface area contributed by atoms with Crippen molar-refractivity contribution in [3.63, 3.8) is 0 Å². The summed E-state index contributed by atoms with van der Waals surface area (Å²) in [5.41, 5.74) is 3.97. The third-order valence-corrected chi connectivity index (χ3v) is 4.25. The summed E-state index contributed by atoms with van der Waals surface area (Å²) >= 11 is 0. The normalized spacial score (nSPS) is 12.3. The standard InChI is InChI=1S/C18H24N6O/c1-12(9-14-10-13(2)21-22-14)19-18(25)23(3)11-17-20-15-7-5-6-8-16(15)24(17)4/h5-8,10,12H,9,11H2,1-4H3,(H,19,25)(H,21,22)/t12-/m0/s1. The van der Waals surface area contributed by atoms with Crippen LogP contribution in [0.1, 0.15) is 24.1 Å². The topological polar surface area (TPSA) is 78.8 Å². The van der Waals surface area contributed by atoms with E-state index in [1.165, 1.54) is 0 Å². The zero-order chi connectivity index (χ0) is 18.0. The number of imidazole rings is 1. The molecular formula is C18H24N6O. The van der Waals surface area contributed by atoms with E-state index in [-0.39, 0.29) is 12.1 Å². The molecular weight excluding hydrogens is 316 g/mol. The van der Waals surface area contributed by atoms with Crippen LogP contribution in [0.15, 0.2) is 30.3 Å². The van der Waals surface area contributed by atoms with E-state index in [4.69, 9.17) is 0 Å². The van der Waals surface area contributed by atoms with E-state index in [1.807, 2.05) is 55.8 Å². The number of aryl methyl sites for hydroxylation is 2. The summed E-state index contributed by atoms with van der Waals surface area (Å²) in [5.74, 6) is 0.856. The Morgan fingerprint density at radius 3 is 2.84 bits per heavy atom. The van der Waals surface area contributed by atoms with Crippen LogP contribution in [0.5, 0.6) is 0 Å². The van der Waals surface area contributed by atoms with Crippen LogP contribution in [0.2, 0.25) is 0 Å². The Bertz CT molecular complexity index is 881. The van der Waals surface area contributed by atoms with Crippen LogP contribution in [0.4, 0.5) is 4.79 Å². The minimum atomic E-state index is -0.119. The molecule has 2 heterocycles. The molecule has 25 heavy (non-hydrogen) atoms. The van der Waals surface area contributed by atoms with E-state index in [0.29, 0.717) is 13.0 Å². The highest BCUT2D eigenvalue weighted by atomic mass is 16.2. The summed E-state index contributed by atoms with van der Waals surface area (Å²) in [6.45, 7) is 4.39. The van der Waals surface area contributed by atoms with Crippen molar-refractivity contribution in [2.45, 2.75) is 32.9 Å². The van der Waals surface area contributed by atoms with Gasteiger partial charge in [0.1, 0.15) is 5.82 Å². The van der Waals surface area contributed by atoms with Gasteiger partial charge >= 0.3 is 6.03 Å². The Labute approximate surface area is 147 Å². The fourth-order valence-corrected chi connectivity index (χ4v) is 2.89. The Hall–Kier alpha value is -2.83. The van der Waals surface area contributed by atoms with Gasteiger partial charge in [0, 0.05) is 32.3 Å². The molecule has 0 radical (unpaired) electrons. The lowest BCUT2D eigenvalue weighted by Crippen LogP contribution is -2.42. The zero-order valence-electron chi connectivity index (χ0n) is 15.1. The number of carbonyl (C=O) groups is 1. The number of para-hydroxylation sites is 2. The minimum Gasteiger partial charge on any atom is -0.335 e. The molecule has 2 aromatic heterocycles. The van der Waals surface area contributed by atoms with Crippen LogP contribution in [-0.2, 0) is 20.0 Å². The van der Waals surface area contributed by atoms with Gasteiger partial charge in [-0.2, -0.15) is 5.10 Å². The maximum atomic E-state index is 12.4. The highest BCUT2D eigenvalue weighted by Gasteiger charge is 2.16. The molecule has 0 spiro atoms. The van der Waals surface area contributed by atoms with Crippen LogP contribution >= 0.6 is 0 Å². The predicted octanol–water partition coefficient (Wildman–Crippen LogP) is 2.38. The molecule has 3 rings (SSSR count). The average molecular weight is 340 g/mol. The third kappa shape index (κ3) is 3.81. The number of H-pyrrole nitrogens is 1. The van der Waals surface area contributed by atoms with Gasteiger partial charge in [-0.05, 0) is 32.0 Å². The van der Waals surface area contributed by atoms with Crippen LogP contribution < -0.4 is 5.32 Å². The highest BCUT2D eigenvalue weighted by Crippen LogP contribution is 2.15. The largest absolute Gasteiger partial charge is 0.335 e. The highest BCUT2D eigenvalue weighted by molar-refractivity contribution is 5.76. The lowest BCUT2D eigenvalue weighted by Gasteiger charge is -2.20. The fraction of sp³-hybridized carbons (Fsp3) is 0.389. The molecule has 0 aliphatic heterocycles. The molecule has 0 saturated heterocycles. The van der Waals surface area contributed by atoms with Crippen molar-refractivity contribution in [2.75, 3.05) is 7.05 Å². The predicted molar refractivity (Wildman–Crippen MR) is 97.2 cm³/mol. The van der Waals surface area contributed by atoms with E-state index < -0.39 is 0 Å². The van der Waals surface area contributed by atoms with Gasteiger partial charge in [-0.15, -0.1) is 0 Å². The third-order valence-electron chi connectivity index (χ3n) is 4.25. The van der Waals surface area contributed by atoms with E-state index in [0.717, 1.165) is 28.2 Å². The molecule has 3 aromatic rings. The van der Waals surface area contributed by atoms with Gasteiger partial charge in [0.25, 0.3) is 0 Å². The molecule has 0 aliphatic carbocycles. The number of nitrogens with one attached hydrogen (secondary N) is 2. The van der Waals surface area contributed by atoms with Gasteiger partial charge in [0.05, 0.1) is 23.3 Å². The zero-order valence-corrected chi connectivity index (χ0v) is 15.1. The van der Waals surface area contributed by atoms with Gasteiger partial charge in [-0.25, -0.2) is 9.78 Å². The van der Waals surface area contributed by atoms with Crippen molar-refractivity contribution in [3.05, 3.63) is 47.5 Å². The molecule has 0 unspecified atom stereocenters. The summed E-state index contributed by atoms with van der Waals surface area (Å²) < 4.78 is 2.02. The van der Waals surface area contributed by atoms with Gasteiger partial charge in [-0.1, -0.05) is 12.1 Å². The first-order valence-electron chi connectivity index (χ1n) is 8.37. The van der Waals surface area contributed by atoms with Crippen LogP contribution in [0, 0.1) is 6.92 Å². The van der Waals surface area contributed by atoms with Gasteiger partial charge in [0.2, 0.25) is 0 Å². The van der Waals surface area contributed by atoms with Crippen molar-refractivity contribution in [1.29, 1.82) is 0 Å². The number of aromatic amines is 1. The maximum Gasteiger partial charge on any atom is 0.317 e. The lowest BCUT2D eigenvalue weighted by molar-refractivity contribution is 0.202. The molecule has 7 nitrogen and oxygen atoms in total. The first-order valence-corrected chi connectivity index (χ1v) is 8.37.